The topological polar surface area (TPSA) is 42.0 Å². The summed E-state index contributed by atoms with van der Waals surface area (Å²) in [5.41, 5.74) is 2.01. The lowest BCUT2D eigenvalue weighted by molar-refractivity contribution is -0.116. The summed E-state index contributed by atoms with van der Waals surface area (Å²) in [7, 11) is 0. The van der Waals surface area contributed by atoms with E-state index in [1.54, 1.807) is 35.9 Å². The number of amides is 1. The van der Waals surface area contributed by atoms with Gasteiger partial charge >= 0.3 is 0 Å². The van der Waals surface area contributed by atoms with E-state index in [0.29, 0.717) is 6.42 Å². The third kappa shape index (κ3) is 3.17. The molecule has 0 unspecified atom stereocenters. The number of nitrogens with one attached hydrogen (secondary N) is 1. The summed E-state index contributed by atoms with van der Waals surface area (Å²) < 4.78 is 0. The maximum absolute atomic E-state index is 11.6. The van der Waals surface area contributed by atoms with Gasteiger partial charge in [-0.15, -0.1) is 0 Å². The highest BCUT2D eigenvalue weighted by molar-refractivity contribution is 7.07. The second-order valence-electron chi connectivity index (χ2n) is 3.42. The summed E-state index contributed by atoms with van der Waals surface area (Å²) in [6.45, 7) is 0. The first-order valence-electron chi connectivity index (χ1n) is 5.05. The molecule has 0 saturated heterocycles. The van der Waals surface area contributed by atoms with Gasteiger partial charge in [0.2, 0.25) is 5.91 Å². The number of hydrogen-bond donors (Lipinski definition) is 1. The van der Waals surface area contributed by atoms with Crippen LogP contribution in [0.3, 0.4) is 0 Å². The summed E-state index contributed by atoms with van der Waals surface area (Å²) in [6, 6.07) is 5.61. The summed E-state index contributed by atoms with van der Waals surface area (Å²) in [6.07, 6.45) is 4.63. The van der Waals surface area contributed by atoms with Crippen molar-refractivity contribution in [1.29, 1.82) is 0 Å². The quantitative estimate of drug-likeness (QED) is 0.880. The Morgan fingerprint density at radius 2 is 2.12 bits per heavy atom. The normalized spacial score (nSPS) is 10.0. The summed E-state index contributed by atoms with van der Waals surface area (Å²) >= 11 is 1.66. The molecule has 82 valence electrons. The van der Waals surface area contributed by atoms with Crippen LogP contribution in [0.1, 0.15) is 12.0 Å². The number of carbonyl (C=O) groups excluding carboxylic acids is 1. The molecule has 2 aromatic rings. The minimum absolute atomic E-state index is 0.0393. The molecule has 3 nitrogen and oxygen atoms in total. The van der Waals surface area contributed by atoms with E-state index in [4.69, 9.17) is 0 Å². The van der Waals surface area contributed by atoms with E-state index in [0.717, 1.165) is 12.1 Å². The third-order valence-corrected chi connectivity index (χ3v) is 2.92. The highest BCUT2D eigenvalue weighted by Gasteiger charge is 2.02. The molecule has 1 N–H and O–H groups in total. The van der Waals surface area contributed by atoms with Gasteiger partial charge in [0.1, 0.15) is 0 Å². The number of aromatic nitrogens is 1. The molecule has 0 aliphatic heterocycles. The predicted molar refractivity (Wildman–Crippen MR) is 65.5 cm³/mol. The molecule has 0 spiro atoms. The molecule has 0 atom stereocenters. The van der Waals surface area contributed by atoms with Gasteiger partial charge in [0.05, 0.1) is 0 Å². The van der Waals surface area contributed by atoms with Crippen LogP contribution in [0.2, 0.25) is 0 Å². The summed E-state index contributed by atoms with van der Waals surface area (Å²) in [4.78, 5) is 15.5. The van der Waals surface area contributed by atoms with E-state index in [9.17, 15) is 4.79 Å². The summed E-state index contributed by atoms with van der Waals surface area (Å²) in [5, 5.41) is 6.92. The molecular weight excluding hydrogens is 220 g/mol. The molecule has 0 aliphatic carbocycles. The Bertz CT molecular complexity index is 439. The zero-order valence-electron chi connectivity index (χ0n) is 8.72. The minimum Gasteiger partial charge on any atom is -0.326 e. The van der Waals surface area contributed by atoms with Crippen LogP contribution in [0.5, 0.6) is 0 Å². The van der Waals surface area contributed by atoms with Crippen molar-refractivity contribution in [2.75, 3.05) is 5.32 Å². The maximum atomic E-state index is 11.6. The number of hydrogen-bond acceptors (Lipinski definition) is 3. The standard InChI is InChI=1S/C12H12N2OS/c15-12(2-1-10-5-8-16-9-10)14-11-3-6-13-7-4-11/h3-9H,1-2H2,(H,13,14,15). The average Bonchev–Trinajstić information content (AvgIpc) is 2.81. The van der Waals surface area contributed by atoms with E-state index in [-0.39, 0.29) is 5.91 Å². The Hall–Kier alpha value is -1.68. The molecule has 16 heavy (non-hydrogen) atoms. The number of anilines is 1. The van der Waals surface area contributed by atoms with E-state index in [1.165, 1.54) is 5.56 Å². The number of nitrogens with zero attached hydrogens (tertiary/aromatic N) is 1. The first-order valence-corrected chi connectivity index (χ1v) is 6.00. The SMILES string of the molecule is O=C(CCc1ccsc1)Nc1ccncc1. The van der Waals surface area contributed by atoms with Gasteiger partial charge < -0.3 is 5.32 Å². The second-order valence-corrected chi connectivity index (χ2v) is 4.20. The molecule has 2 aromatic heterocycles. The van der Waals surface area contributed by atoms with Crippen molar-refractivity contribution >= 4 is 22.9 Å². The van der Waals surface area contributed by atoms with Crippen molar-refractivity contribution in [2.45, 2.75) is 12.8 Å². The van der Waals surface area contributed by atoms with Crippen molar-refractivity contribution in [1.82, 2.24) is 4.98 Å². The molecule has 0 radical (unpaired) electrons. The van der Waals surface area contributed by atoms with Crippen LogP contribution in [-0.4, -0.2) is 10.9 Å². The molecule has 1 amide bonds. The number of rotatable bonds is 4. The van der Waals surface area contributed by atoms with Crippen LogP contribution < -0.4 is 5.32 Å². The molecule has 2 heterocycles. The monoisotopic (exact) mass is 232 g/mol. The van der Waals surface area contributed by atoms with Crippen molar-refractivity contribution in [3.05, 3.63) is 46.9 Å². The lowest BCUT2D eigenvalue weighted by Gasteiger charge is -2.03. The van der Waals surface area contributed by atoms with E-state index in [2.05, 4.69) is 15.7 Å². The van der Waals surface area contributed by atoms with Gasteiger partial charge in [-0.05, 0) is 40.9 Å². The zero-order valence-corrected chi connectivity index (χ0v) is 9.54. The Labute approximate surface area is 98.2 Å². The van der Waals surface area contributed by atoms with Crippen molar-refractivity contribution in [3.8, 4) is 0 Å². The number of pyridine rings is 1. The van der Waals surface area contributed by atoms with Crippen LogP contribution in [0, 0.1) is 0 Å². The van der Waals surface area contributed by atoms with Gasteiger partial charge in [0, 0.05) is 24.5 Å². The Morgan fingerprint density at radius 1 is 1.31 bits per heavy atom. The smallest absolute Gasteiger partial charge is 0.224 e. The molecule has 0 bridgehead atoms. The zero-order chi connectivity index (χ0) is 11.2. The summed E-state index contributed by atoms with van der Waals surface area (Å²) in [5.74, 6) is 0.0393. The third-order valence-electron chi connectivity index (χ3n) is 2.18. The first-order chi connectivity index (χ1) is 7.84. The van der Waals surface area contributed by atoms with Gasteiger partial charge in [0.25, 0.3) is 0 Å². The maximum Gasteiger partial charge on any atom is 0.224 e. The number of aryl methyl sites for hydroxylation is 1. The first kappa shape index (κ1) is 10.8. The van der Waals surface area contributed by atoms with Crippen LogP contribution in [0.15, 0.2) is 41.4 Å². The fourth-order valence-corrected chi connectivity index (χ4v) is 2.05. The van der Waals surface area contributed by atoms with E-state index < -0.39 is 0 Å². The van der Waals surface area contributed by atoms with Crippen LogP contribution >= 0.6 is 11.3 Å². The fraction of sp³-hybridized carbons (Fsp3) is 0.167. The van der Waals surface area contributed by atoms with Gasteiger partial charge in [-0.1, -0.05) is 0 Å². The molecule has 0 aliphatic rings. The van der Waals surface area contributed by atoms with Gasteiger partial charge in [-0.3, -0.25) is 9.78 Å². The second kappa shape index (κ2) is 5.42. The van der Waals surface area contributed by atoms with Crippen LogP contribution in [0.4, 0.5) is 5.69 Å². The number of thiophene rings is 1. The van der Waals surface area contributed by atoms with Crippen LogP contribution in [-0.2, 0) is 11.2 Å². The van der Waals surface area contributed by atoms with Gasteiger partial charge in [-0.2, -0.15) is 11.3 Å². The highest BCUT2D eigenvalue weighted by atomic mass is 32.1. The molecule has 0 aromatic carbocycles. The van der Waals surface area contributed by atoms with Crippen molar-refractivity contribution in [3.63, 3.8) is 0 Å². The largest absolute Gasteiger partial charge is 0.326 e. The molecular formula is C12H12N2OS. The van der Waals surface area contributed by atoms with Crippen molar-refractivity contribution in [2.24, 2.45) is 0 Å². The predicted octanol–water partition coefficient (Wildman–Crippen LogP) is 2.71. The van der Waals surface area contributed by atoms with Crippen molar-refractivity contribution < 1.29 is 4.79 Å². The molecule has 2 rings (SSSR count). The Balaban J connectivity index is 1.81. The number of carbonyl (C=O) groups is 1. The molecule has 0 fully saturated rings. The lowest BCUT2D eigenvalue weighted by atomic mass is 10.2. The Morgan fingerprint density at radius 3 is 2.81 bits per heavy atom. The van der Waals surface area contributed by atoms with Crippen LogP contribution in [0.25, 0.3) is 0 Å². The van der Waals surface area contributed by atoms with Gasteiger partial charge in [0.15, 0.2) is 0 Å². The van der Waals surface area contributed by atoms with E-state index in [1.807, 2.05) is 11.4 Å². The molecule has 4 heteroatoms. The highest BCUT2D eigenvalue weighted by Crippen LogP contribution is 2.09. The Kier molecular flexibility index (Phi) is 3.66. The van der Waals surface area contributed by atoms with E-state index >= 15 is 0 Å². The average molecular weight is 232 g/mol. The molecule has 0 saturated carbocycles. The minimum atomic E-state index is 0.0393. The fourth-order valence-electron chi connectivity index (χ4n) is 1.35. The lowest BCUT2D eigenvalue weighted by Crippen LogP contribution is -2.12. The van der Waals surface area contributed by atoms with Gasteiger partial charge in [-0.25, -0.2) is 0 Å².